The minimum Gasteiger partial charge on any atom is -0.466 e. The standard InChI is InChI=1S/C11H16O4/c1-8-5-4-6-11(7-8,10(13)14-3)15-9(2)12/h5H,4,6-7H2,1-3H3. The third-order valence-electron chi connectivity index (χ3n) is 2.50. The van der Waals surface area contributed by atoms with Gasteiger partial charge in [-0.1, -0.05) is 11.6 Å². The fourth-order valence-corrected chi connectivity index (χ4v) is 1.93. The van der Waals surface area contributed by atoms with Gasteiger partial charge in [0.1, 0.15) is 0 Å². The Morgan fingerprint density at radius 1 is 1.47 bits per heavy atom. The van der Waals surface area contributed by atoms with E-state index >= 15 is 0 Å². The topological polar surface area (TPSA) is 52.6 Å². The molecule has 1 unspecified atom stereocenters. The molecule has 4 heteroatoms. The van der Waals surface area contributed by atoms with E-state index in [1.165, 1.54) is 14.0 Å². The summed E-state index contributed by atoms with van der Waals surface area (Å²) in [6.45, 7) is 3.22. The van der Waals surface area contributed by atoms with Crippen molar-refractivity contribution in [1.29, 1.82) is 0 Å². The molecule has 0 saturated carbocycles. The van der Waals surface area contributed by atoms with Gasteiger partial charge in [0.25, 0.3) is 0 Å². The summed E-state index contributed by atoms with van der Waals surface area (Å²) in [5.41, 5.74) is -0.0488. The molecule has 0 fully saturated rings. The fraction of sp³-hybridized carbons (Fsp3) is 0.636. The Morgan fingerprint density at radius 3 is 2.60 bits per heavy atom. The Hall–Kier alpha value is -1.32. The molecule has 1 aliphatic rings. The first kappa shape index (κ1) is 11.8. The van der Waals surface area contributed by atoms with Gasteiger partial charge in [-0.05, 0) is 13.3 Å². The summed E-state index contributed by atoms with van der Waals surface area (Å²) < 4.78 is 9.85. The SMILES string of the molecule is COC(=O)C1(OC(C)=O)CCC=C(C)C1. The van der Waals surface area contributed by atoms with E-state index < -0.39 is 17.5 Å². The van der Waals surface area contributed by atoms with E-state index in [1.807, 2.05) is 13.0 Å². The van der Waals surface area contributed by atoms with Gasteiger partial charge < -0.3 is 9.47 Å². The van der Waals surface area contributed by atoms with Gasteiger partial charge in [0.15, 0.2) is 0 Å². The Kier molecular flexibility index (Phi) is 3.50. The third kappa shape index (κ3) is 2.58. The first-order valence-corrected chi connectivity index (χ1v) is 4.94. The van der Waals surface area contributed by atoms with Crippen LogP contribution < -0.4 is 0 Å². The molecule has 0 N–H and O–H groups in total. The summed E-state index contributed by atoms with van der Waals surface area (Å²) in [5, 5.41) is 0. The van der Waals surface area contributed by atoms with Gasteiger partial charge in [-0.3, -0.25) is 4.79 Å². The number of methoxy groups -OCH3 is 1. The van der Waals surface area contributed by atoms with Crippen molar-refractivity contribution < 1.29 is 19.1 Å². The van der Waals surface area contributed by atoms with Crippen LogP contribution >= 0.6 is 0 Å². The lowest BCUT2D eigenvalue weighted by atomic mass is 9.85. The van der Waals surface area contributed by atoms with Crippen molar-refractivity contribution in [2.75, 3.05) is 7.11 Å². The van der Waals surface area contributed by atoms with Crippen LogP contribution in [-0.2, 0) is 19.1 Å². The maximum atomic E-state index is 11.6. The van der Waals surface area contributed by atoms with Crippen LogP contribution in [0.5, 0.6) is 0 Å². The molecule has 0 heterocycles. The Labute approximate surface area is 89.2 Å². The van der Waals surface area contributed by atoms with E-state index in [0.717, 1.165) is 12.0 Å². The lowest BCUT2D eigenvalue weighted by Crippen LogP contribution is -2.45. The molecule has 1 aliphatic carbocycles. The van der Waals surface area contributed by atoms with Crippen LogP contribution in [0.2, 0.25) is 0 Å². The van der Waals surface area contributed by atoms with Gasteiger partial charge in [0.05, 0.1) is 7.11 Å². The minimum absolute atomic E-state index is 0.430. The van der Waals surface area contributed by atoms with E-state index in [1.54, 1.807) is 0 Å². The molecule has 0 radical (unpaired) electrons. The molecular formula is C11H16O4. The number of rotatable bonds is 2. The number of carbonyl (C=O) groups excluding carboxylic acids is 2. The van der Waals surface area contributed by atoms with Crippen molar-refractivity contribution >= 4 is 11.9 Å². The third-order valence-corrected chi connectivity index (χ3v) is 2.50. The normalized spacial score (nSPS) is 25.4. The molecule has 1 rings (SSSR count). The fourth-order valence-electron chi connectivity index (χ4n) is 1.93. The van der Waals surface area contributed by atoms with Crippen molar-refractivity contribution in [2.24, 2.45) is 0 Å². The Morgan fingerprint density at radius 2 is 2.13 bits per heavy atom. The second-order valence-corrected chi connectivity index (χ2v) is 3.85. The van der Waals surface area contributed by atoms with E-state index in [0.29, 0.717) is 12.8 Å². The van der Waals surface area contributed by atoms with Crippen molar-refractivity contribution in [1.82, 2.24) is 0 Å². The zero-order chi connectivity index (χ0) is 11.5. The van der Waals surface area contributed by atoms with Crippen LogP contribution in [0.3, 0.4) is 0 Å². The van der Waals surface area contributed by atoms with Gasteiger partial charge in [-0.25, -0.2) is 4.79 Å². The van der Waals surface area contributed by atoms with E-state index in [9.17, 15) is 9.59 Å². The number of allylic oxidation sites excluding steroid dienone is 1. The molecule has 84 valence electrons. The summed E-state index contributed by atoms with van der Waals surface area (Å²) in [4.78, 5) is 22.6. The second kappa shape index (κ2) is 4.47. The highest BCUT2D eigenvalue weighted by Crippen LogP contribution is 2.32. The summed E-state index contributed by atoms with van der Waals surface area (Å²) in [7, 11) is 1.31. The molecule has 0 aromatic rings. The first-order valence-electron chi connectivity index (χ1n) is 4.94. The largest absolute Gasteiger partial charge is 0.466 e. The van der Waals surface area contributed by atoms with Gasteiger partial charge in [0, 0.05) is 19.8 Å². The number of ether oxygens (including phenoxy) is 2. The van der Waals surface area contributed by atoms with Crippen LogP contribution in [0.15, 0.2) is 11.6 Å². The second-order valence-electron chi connectivity index (χ2n) is 3.85. The number of hydrogen-bond acceptors (Lipinski definition) is 4. The number of hydrogen-bond donors (Lipinski definition) is 0. The smallest absolute Gasteiger partial charge is 0.350 e. The summed E-state index contributed by atoms with van der Waals surface area (Å²) >= 11 is 0. The van der Waals surface area contributed by atoms with Crippen molar-refractivity contribution in [2.45, 2.75) is 38.7 Å². The Bertz CT molecular complexity index is 306. The highest BCUT2D eigenvalue weighted by Gasteiger charge is 2.44. The lowest BCUT2D eigenvalue weighted by Gasteiger charge is -2.32. The zero-order valence-electron chi connectivity index (χ0n) is 9.33. The highest BCUT2D eigenvalue weighted by atomic mass is 16.6. The van der Waals surface area contributed by atoms with Gasteiger partial charge in [-0.15, -0.1) is 0 Å². The summed E-state index contributed by atoms with van der Waals surface area (Å²) in [6, 6.07) is 0. The molecule has 0 saturated heterocycles. The molecule has 0 aromatic heterocycles. The van der Waals surface area contributed by atoms with Crippen molar-refractivity contribution in [3.8, 4) is 0 Å². The van der Waals surface area contributed by atoms with Gasteiger partial charge >= 0.3 is 11.9 Å². The molecule has 0 spiro atoms. The van der Waals surface area contributed by atoms with E-state index in [2.05, 4.69) is 0 Å². The molecule has 1 atom stereocenters. The van der Waals surface area contributed by atoms with Gasteiger partial charge in [0.2, 0.25) is 5.60 Å². The maximum Gasteiger partial charge on any atom is 0.350 e. The predicted octanol–water partition coefficient (Wildman–Crippen LogP) is 1.59. The highest BCUT2D eigenvalue weighted by molar-refractivity contribution is 5.83. The molecule has 0 amide bonds. The summed E-state index contributed by atoms with van der Waals surface area (Å²) in [6.07, 6.45) is 3.70. The molecule has 0 aromatic carbocycles. The maximum absolute atomic E-state index is 11.6. The lowest BCUT2D eigenvalue weighted by molar-refractivity contribution is -0.181. The molecule has 0 bridgehead atoms. The van der Waals surface area contributed by atoms with Crippen molar-refractivity contribution in [3.63, 3.8) is 0 Å². The van der Waals surface area contributed by atoms with Crippen LogP contribution in [0.1, 0.15) is 33.1 Å². The molecule has 15 heavy (non-hydrogen) atoms. The zero-order valence-corrected chi connectivity index (χ0v) is 9.33. The molecular weight excluding hydrogens is 196 g/mol. The quantitative estimate of drug-likeness (QED) is 0.515. The van der Waals surface area contributed by atoms with Crippen molar-refractivity contribution in [3.05, 3.63) is 11.6 Å². The minimum atomic E-state index is -1.10. The molecule has 4 nitrogen and oxygen atoms in total. The van der Waals surface area contributed by atoms with Crippen LogP contribution in [-0.4, -0.2) is 24.6 Å². The van der Waals surface area contributed by atoms with Crippen LogP contribution in [0.25, 0.3) is 0 Å². The Balaban J connectivity index is 2.91. The summed E-state index contributed by atoms with van der Waals surface area (Å²) in [5.74, 6) is -0.916. The number of esters is 2. The van der Waals surface area contributed by atoms with Crippen LogP contribution in [0.4, 0.5) is 0 Å². The average molecular weight is 212 g/mol. The predicted molar refractivity (Wildman–Crippen MR) is 54.1 cm³/mol. The molecule has 0 aliphatic heterocycles. The monoisotopic (exact) mass is 212 g/mol. The van der Waals surface area contributed by atoms with Gasteiger partial charge in [-0.2, -0.15) is 0 Å². The van der Waals surface area contributed by atoms with Crippen LogP contribution in [0, 0.1) is 0 Å². The van der Waals surface area contributed by atoms with E-state index in [4.69, 9.17) is 9.47 Å². The van der Waals surface area contributed by atoms with E-state index in [-0.39, 0.29) is 0 Å². The number of carbonyl (C=O) groups is 2. The first-order chi connectivity index (χ1) is 7.00. The average Bonchev–Trinajstić information content (AvgIpc) is 2.15.